The molecule has 0 saturated heterocycles. The van der Waals surface area contributed by atoms with Gasteiger partial charge in [0.2, 0.25) is 0 Å². The van der Waals surface area contributed by atoms with E-state index >= 15 is 0 Å². The monoisotopic (exact) mass is 375 g/mol. The number of amides is 2. The molecule has 1 aromatic heterocycles. The molecule has 0 aliphatic rings. The first-order valence-electron chi connectivity index (χ1n) is 9.01. The Balaban J connectivity index is 1.67. The van der Waals surface area contributed by atoms with Crippen LogP contribution >= 0.6 is 0 Å². The minimum absolute atomic E-state index is 0.244. The van der Waals surface area contributed by atoms with E-state index in [2.05, 4.69) is 15.6 Å². The van der Waals surface area contributed by atoms with Gasteiger partial charge in [-0.25, -0.2) is 0 Å². The summed E-state index contributed by atoms with van der Waals surface area (Å²) >= 11 is 0. The highest BCUT2D eigenvalue weighted by atomic mass is 16.5. The third-order valence-electron chi connectivity index (χ3n) is 3.89. The average molecular weight is 375 g/mol. The van der Waals surface area contributed by atoms with Crippen molar-refractivity contribution in [3.05, 3.63) is 84.2 Å². The lowest BCUT2D eigenvalue weighted by Gasteiger charge is -2.10. The number of benzene rings is 2. The first-order chi connectivity index (χ1) is 13.7. The second-order valence-electron chi connectivity index (χ2n) is 6.10. The van der Waals surface area contributed by atoms with E-state index in [0.29, 0.717) is 34.9 Å². The number of nitrogens with zero attached hydrogens (tertiary/aromatic N) is 1. The summed E-state index contributed by atoms with van der Waals surface area (Å²) in [5, 5.41) is 5.65. The standard InChI is InChI=1S/C22H21N3O3/c1-2-13-28-20-8-3-5-17(14-20)22(27)25-19-7-4-6-18(15-19)24-21(26)16-9-11-23-12-10-16/h3-12,14-15H,2,13H2,1H3,(H,24,26)(H,25,27). The fourth-order valence-electron chi connectivity index (χ4n) is 2.53. The largest absolute Gasteiger partial charge is 0.494 e. The smallest absolute Gasteiger partial charge is 0.255 e. The quantitative estimate of drug-likeness (QED) is 0.642. The number of ether oxygens (including phenoxy) is 1. The minimum atomic E-state index is -0.250. The number of hydrogen-bond acceptors (Lipinski definition) is 4. The summed E-state index contributed by atoms with van der Waals surface area (Å²) in [5.41, 5.74) is 2.17. The summed E-state index contributed by atoms with van der Waals surface area (Å²) in [5.74, 6) is 0.166. The number of pyridine rings is 1. The number of carbonyl (C=O) groups is 2. The van der Waals surface area contributed by atoms with Crippen LogP contribution in [0.25, 0.3) is 0 Å². The van der Waals surface area contributed by atoms with Crippen LogP contribution in [0.2, 0.25) is 0 Å². The van der Waals surface area contributed by atoms with E-state index < -0.39 is 0 Å². The molecule has 1 heterocycles. The maximum Gasteiger partial charge on any atom is 0.255 e. The third kappa shape index (κ3) is 5.17. The molecule has 3 rings (SSSR count). The molecular weight excluding hydrogens is 354 g/mol. The molecule has 0 atom stereocenters. The summed E-state index contributed by atoms with van der Waals surface area (Å²) in [6, 6.07) is 17.3. The Morgan fingerprint density at radius 3 is 2.18 bits per heavy atom. The average Bonchev–Trinajstić information content (AvgIpc) is 2.73. The highest BCUT2D eigenvalue weighted by Crippen LogP contribution is 2.19. The topological polar surface area (TPSA) is 80.3 Å². The third-order valence-corrected chi connectivity index (χ3v) is 3.89. The van der Waals surface area contributed by atoms with E-state index in [1.165, 1.54) is 0 Å². The van der Waals surface area contributed by atoms with Crippen LogP contribution in [0.5, 0.6) is 5.75 Å². The van der Waals surface area contributed by atoms with Gasteiger partial charge in [-0.15, -0.1) is 0 Å². The fraction of sp³-hybridized carbons (Fsp3) is 0.136. The van der Waals surface area contributed by atoms with Gasteiger partial charge in [0.1, 0.15) is 5.75 Å². The maximum atomic E-state index is 12.5. The van der Waals surface area contributed by atoms with Crippen molar-refractivity contribution in [2.45, 2.75) is 13.3 Å². The SMILES string of the molecule is CCCOc1cccc(C(=O)Nc2cccc(NC(=O)c3ccncc3)c2)c1. The van der Waals surface area contributed by atoms with Gasteiger partial charge in [0.15, 0.2) is 0 Å². The van der Waals surface area contributed by atoms with Gasteiger partial charge in [-0.1, -0.05) is 19.1 Å². The van der Waals surface area contributed by atoms with E-state index in [0.717, 1.165) is 6.42 Å². The van der Waals surface area contributed by atoms with Gasteiger partial charge < -0.3 is 15.4 Å². The molecule has 2 N–H and O–H groups in total. The van der Waals surface area contributed by atoms with Crippen molar-refractivity contribution >= 4 is 23.2 Å². The Hall–Kier alpha value is -3.67. The van der Waals surface area contributed by atoms with Gasteiger partial charge in [0.05, 0.1) is 6.61 Å². The van der Waals surface area contributed by atoms with Crippen molar-refractivity contribution in [3.8, 4) is 5.75 Å². The van der Waals surface area contributed by atoms with Crippen molar-refractivity contribution in [1.82, 2.24) is 4.98 Å². The first-order valence-corrected chi connectivity index (χ1v) is 9.01. The zero-order chi connectivity index (χ0) is 19.8. The van der Waals surface area contributed by atoms with Gasteiger partial charge in [0.25, 0.3) is 11.8 Å². The summed E-state index contributed by atoms with van der Waals surface area (Å²) < 4.78 is 5.57. The summed E-state index contributed by atoms with van der Waals surface area (Å²) in [7, 11) is 0. The molecule has 0 aliphatic heterocycles. The van der Waals surface area contributed by atoms with Crippen molar-refractivity contribution < 1.29 is 14.3 Å². The molecule has 0 unspecified atom stereocenters. The van der Waals surface area contributed by atoms with Crippen LogP contribution < -0.4 is 15.4 Å². The lowest BCUT2D eigenvalue weighted by Crippen LogP contribution is -2.14. The van der Waals surface area contributed by atoms with Crippen molar-refractivity contribution in [3.63, 3.8) is 0 Å². The van der Waals surface area contributed by atoms with Crippen molar-refractivity contribution in [2.24, 2.45) is 0 Å². The molecule has 28 heavy (non-hydrogen) atoms. The molecule has 0 aliphatic carbocycles. The molecule has 0 spiro atoms. The van der Waals surface area contributed by atoms with Gasteiger partial charge >= 0.3 is 0 Å². The van der Waals surface area contributed by atoms with Crippen LogP contribution in [0.1, 0.15) is 34.1 Å². The Bertz CT molecular complexity index is 958. The van der Waals surface area contributed by atoms with Crippen LogP contribution in [0.3, 0.4) is 0 Å². The van der Waals surface area contributed by atoms with Gasteiger partial charge in [-0.3, -0.25) is 14.6 Å². The number of anilines is 2. The lowest BCUT2D eigenvalue weighted by molar-refractivity contribution is 0.101. The predicted molar refractivity (Wildman–Crippen MR) is 109 cm³/mol. The Morgan fingerprint density at radius 2 is 1.50 bits per heavy atom. The van der Waals surface area contributed by atoms with Crippen LogP contribution in [0.4, 0.5) is 11.4 Å². The molecule has 0 fully saturated rings. The Labute approximate surface area is 163 Å². The second-order valence-corrected chi connectivity index (χ2v) is 6.10. The molecule has 0 radical (unpaired) electrons. The van der Waals surface area contributed by atoms with E-state index in [1.54, 1.807) is 67.0 Å². The minimum Gasteiger partial charge on any atom is -0.494 e. The fourth-order valence-corrected chi connectivity index (χ4v) is 2.53. The molecule has 0 bridgehead atoms. The normalized spacial score (nSPS) is 10.2. The molecule has 2 aromatic carbocycles. The number of aromatic nitrogens is 1. The molecular formula is C22H21N3O3. The lowest BCUT2D eigenvalue weighted by atomic mass is 10.2. The van der Waals surface area contributed by atoms with Gasteiger partial charge in [0, 0.05) is 34.9 Å². The van der Waals surface area contributed by atoms with E-state index in [9.17, 15) is 9.59 Å². The predicted octanol–water partition coefficient (Wildman–Crippen LogP) is 4.38. The Morgan fingerprint density at radius 1 is 0.857 bits per heavy atom. The van der Waals surface area contributed by atoms with Crippen LogP contribution in [-0.4, -0.2) is 23.4 Å². The van der Waals surface area contributed by atoms with E-state index in [1.807, 2.05) is 13.0 Å². The van der Waals surface area contributed by atoms with E-state index in [-0.39, 0.29) is 11.8 Å². The highest BCUT2D eigenvalue weighted by molar-refractivity contribution is 6.06. The maximum absolute atomic E-state index is 12.5. The molecule has 142 valence electrons. The van der Waals surface area contributed by atoms with Crippen molar-refractivity contribution in [1.29, 1.82) is 0 Å². The summed E-state index contributed by atoms with van der Waals surface area (Å²) in [6.07, 6.45) is 4.02. The summed E-state index contributed by atoms with van der Waals surface area (Å²) in [4.78, 5) is 28.7. The number of rotatable bonds is 7. The molecule has 6 heteroatoms. The zero-order valence-electron chi connectivity index (χ0n) is 15.5. The first kappa shape index (κ1) is 19.1. The molecule has 2 amide bonds. The summed E-state index contributed by atoms with van der Waals surface area (Å²) in [6.45, 7) is 2.63. The zero-order valence-corrected chi connectivity index (χ0v) is 15.5. The van der Waals surface area contributed by atoms with Crippen LogP contribution in [0.15, 0.2) is 73.1 Å². The number of nitrogens with one attached hydrogen (secondary N) is 2. The second kappa shape index (κ2) is 9.32. The highest BCUT2D eigenvalue weighted by Gasteiger charge is 2.09. The van der Waals surface area contributed by atoms with Crippen molar-refractivity contribution in [2.75, 3.05) is 17.2 Å². The molecule has 0 saturated carbocycles. The number of hydrogen-bond donors (Lipinski definition) is 2. The Kier molecular flexibility index (Phi) is 6.36. The molecule has 6 nitrogen and oxygen atoms in total. The van der Waals surface area contributed by atoms with Crippen LogP contribution in [0, 0.1) is 0 Å². The van der Waals surface area contributed by atoms with Crippen LogP contribution in [-0.2, 0) is 0 Å². The van der Waals surface area contributed by atoms with E-state index in [4.69, 9.17) is 4.74 Å². The van der Waals surface area contributed by atoms with Gasteiger partial charge in [-0.2, -0.15) is 0 Å². The van der Waals surface area contributed by atoms with Gasteiger partial charge in [-0.05, 0) is 55.0 Å². The molecule has 3 aromatic rings. The number of carbonyl (C=O) groups excluding carboxylic acids is 2.